The fourth-order valence-corrected chi connectivity index (χ4v) is 2.60. The van der Waals surface area contributed by atoms with Gasteiger partial charge in [-0.2, -0.15) is 5.10 Å². The van der Waals surface area contributed by atoms with Gasteiger partial charge >= 0.3 is 0 Å². The van der Waals surface area contributed by atoms with Gasteiger partial charge < -0.3 is 20.6 Å². The molecule has 2 atom stereocenters. The molecule has 0 spiro atoms. The van der Waals surface area contributed by atoms with Crippen molar-refractivity contribution in [2.45, 2.75) is 45.8 Å². The summed E-state index contributed by atoms with van der Waals surface area (Å²) in [5, 5.41) is 21.5. The minimum Gasteiger partial charge on any atom is -0.383 e. The lowest BCUT2D eigenvalue weighted by Crippen LogP contribution is -2.46. The van der Waals surface area contributed by atoms with E-state index in [0.29, 0.717) is 12.0 Å². The van der Waals surface area contributed by atoms with Crippen molar-refractivity contribution in [3.8, 4) is 0 Å². The highest BCUT2D eigenvalue weighted by Gasteiger charge is 2.24. The molecule has 3 N–H and O–H groups in total. The zero-order chi connectivity index (χ0) is 19.0. The third-order valence-electron chi connectivity index (χ3n) is 4.19. The van der Waals surface area contributed by atoms with Crippen molar-refractivity contribution >= 4 is 5.96 Å². The molecule has 0 radical (unpaired) electrons. The lowest BCUT2D eigenvalue weighted by Gasteiger charge is -2.27. The molecule has 0 aliphatic carbocycles. The van der Waals surface area contributed by atoms with Crippen LogP contribution in [0.2, 0.25) is 0 Å². The molecule has 25 heavy (non-hydrogen) atoms. The number of guanidine groups is 1. The number of aliphatic hydroxyl groups is 1. The van der Waals surface area contributed by atoms with Gasteiger partial charge in [-0.25, -0.2) is 4.99 Å². The van der Waals surface area contributed by atoms with Crippen molar-refractivity contribution in [1.82, 2.24) is 25.3 Å². The summed E-state index contributed by atoms with van der Waals surface area (Å²) >= 11 is 0. The molecule has 1 aromatic heterocycles. The number of likely N-dealkylation sites (N-methyl/N-ethyl adjacent to an activating group) is 1. The second-order valence-corrected chi connectivity index (χ2v) is 7.50. The van der Waals surface area contributed by atoms with Crippen LogP contribution in [0.15, 0.2) is 17.4 Å². The number of aromatic nitrogens is 2. The molecule has 7 heteroatoms. The van der Waals surface area contributed by atoms with Gasteiger partial charge in [0.15, 0.2) is 5.96 Å². The van der Waals surface area contributed by atoms with Crippen molar-refractivity contribution in [1.29, 1.82) is 0 Å². The van der Waals surface area contributed by atoms with E-state index >= 15 is 0 Å². The summed E-state index contributed by atoms with van der Waals surface area (Å²) in [4.78, 5) is 6.81. The van der Waals surface area contributed by atoms with Crippen LogP contribution in [0.25, 0.3) is 0 Å². The first-order valence-corrected chi connectivity index (χ1v) is 9.05. The predicted octanol–water partition coefficient (Wildman–Crippen LogP) is 1.16. The summed E-state index contributed by atoms with van der Waals surface area (Å²) in [5.41, 5.74) is -0.282. The minimum absolute atomic E-state index is 0.269. The van der Waals surface area contributed by atoms with Crippen molar-refractivity contribution in [2.24, 2.45) is 18.0 Å². The molecular formula is C18H36N6O. The maximum Gasteiger partial charge on any atom is 0.191 e. The van der Waals surface area contributed by atoms with Gasteiger partial charge in [-0.1, -0.05) is 13.8 Å². The van der Waals surface area contributed by atoms with Crippen LogP contribution in [0.4, 0.5) is 0 Å². The quantitative estimate of drug-likeness (QED) is 0.459. The summed E-state index contributed by atoms with van der Waals surface area (Å²) in [6.45, 7) is 10.1. The molecule has 0 aliphatic rings. The highest BCUT2D eigenvalue weighted by atomic mass is 16.3. The van der Waals surface area contributed by atoms with E-state index in [9.17, 15) is 5.11 Å². The van der Waals surface area contributed by atoms with Crippen LogP contribution in [0.3, 0.4) is 0 Å². The van der Waals surface area contributed by atoms with E-state index < -0.39 is 5.60 Å². The largest absolute Gasteiger partial charge is 0.383 e. The molecule has 1 heterocycles. The zero-order valence-corrected chi connectivity index (χ0v) is 16.9. The Balaban J connectivity index is 2.72. The average molecular weight is 353 g/mol. The molecule has 0 saturated heterocycles. The van der Waals surface area contributed by atoms with E-state index in [1.165, 1.54) is 0 Å². The summed E-state index contributed by atoms with van der Waals surface area (Å²) in [6, 6.07) is 0.433. The first-order chi connectivity index (χ1) is 11.7. The van der Waals surface area contributed by atoms with Crippen LogP contribution in [-0.4, -0.2) is 65.5 Å². The third-order valence-corrected chi connectivity index (χ3v) is 4.19. The van der Waals surface area contributed by atoms with Crippen LogP contribution < -0.4 is 10.6 Å². The van der Waals surface area contributed by atoms with Gasteiger partial charge in [0.25, 0.3) is 0 Å². The number of rotatable bonds is 9. The molecule has 2 unspecified atom stereocenters. The maximum absolute atomic E-state index is 10.7. The Morgan fingerprint density at radius 1 is 1.40 bits per heavy atom. The lowest BCUT2D eigenvalue weighted by atomic mass is 10.0. The third kappa shape index (κ3) is 7.44. The molecular weight excluding hydrogens is 316 g/mol. The Hall–Kier alpha value is -1.60. The number of hydrogen-bond donors (Lipinski definition) is 3. The van der Waals surface area contributed by atoms with Crippen molar-refractivity contribution < 1.29 is 5.11 Å². The number of nitrogens with zero attached hydrogens (tertiary/aromatic N) is 4. The van der Waals surface area contributed by atoms with Crippen LogP contribution in [-0.2, 0) is 12.6 Å². The zero-order valence-electron chi connectivity index (χ0n) is 16.9. The number of nitrogens with one attached hydrogen (secondary N) is 2. The van der Waals surface area contributed by atoms with E-state index in [-0.39, 0.29) is 6.54 Å². The maximum atomic E-state index is 10.7. The molecule has 0 amide bonds. The molecule has 1 aromatic rings. The van der Waals surface area contributed by atoms with Crippen LogP contribution in [0.1, 0.15) is 39.7 Å². The van der Waals surface area contributed by atoms with Crippen molar-refractivity contribution in [2.75, 3.05) is 33.7 Å². The SMILES string of the molecule is CCNC(=NCC(C)(O)c1cnn(C)c1)NCC(CC(C)C)N(C)C. The molecule has 0 fully saturated rings. The lowest BCUT2D eigenvalue weighted by molar-refractivity contribution is 0.0671. The van der Waals surface area contributed by atoms with Gasteiger partial charge in [-0.05, 0) is 40.3 Å². The van der Waals surface area contributed by atoms with Crippen molar-refractivity contribution in [3.63, 3.8) is 0 Å². The Bertz CT molecular complexity index is 535. The second-order valence-electron chi connectivity index (χ2n) is 7.50. The fourth-order valence-electron chi connectivity index (χ4n) is 2.60. The highest BCUT2D eigenvalue weighted by Crippen LogP contribution is 2.19. The van der Waals surface area contributed by atoms with E-state index in [0.717, 1.165) is 31.0 Å². The molecule has 0 saturated carbocycles. The van der Waals surface area contributed by atoms with Gasteiger partial charge in [0.05, 0.1) is 12.7 Å². The van der Waals surface area contributed by atoms with Gasteiger partial charge in [0, 0.05) is 37.9 Å². The summed E-state index contributed by atoms with van der Waals surface area (Å²) in [7, 11) is 6.04. The van der Waals surface area contributed by atoms with Crippen LogP contribution >= 0.6 is 0 Å². The Morgan fingerprint density at radius 3 is 2.56 bits per heavy atom. The van der Waals surface area contributed by atoms with Crippen LogP contribution in [0, 0.1) is 5.92 Å². The van der Waals surface area contributed by atoms with Gasteiger partial charge in [-0.3, -0.25) is 4.68 Å². The predicted molar refractivity (Wildman–Crippen MR) is 104 cm³/mol. The Labute approximate surface area is 152 Å². The highest BCUT2D eigenvalue weighted by molar-refractivity contribution is 5.79. The molecule has 7 nitrogen and oxygen atoms in total. The van der Waals surface area contributed by atoms with E-state index in [4.69, 9.17) is 0 Å². The second kappa shape index (κ2) is 9.77. The monoisotopic (exact) mass is 352 g/mol. The van der Waals surface area contributed by atoms with Gasteiger partial charge in [0.2, 0.25) is 0 Å². The summed E-state index contributed by atoms with van der Waals surface area (Å²) in [6.07, 6.45) is 4.62. The van der Waals surface area contributed by atoms with E-state index in [1.54, 1.807) is 17.8 Å². The standard InChI is InChI=1S/C18H36N6O/c1-8-19-17(20-11-16(23(5)6)9-14(2)3)21-13-18(4,25)15-10-22-24(7)12-15/h10,12,14,16,25H,8-9,11,13H2,1-7H3,(H2,19,20,21). The molecule has 144 valence electrons. The number of hydrogen-bond acceptors (Lipinski definition) is 4. The Kier molecular flexibility index (Phi) is 8.38. The smallest absolute Gasteiger partial charge is 0.191 e. The molecule has 1 rings (SSSR count). The number of aliphatic imine (C=N–C) groups is 1. The van der Waals surface area contributed by atoms with E-state index in [2.05, 4.69) is 53.6 Å². The molecule has 0 aromatic carbocycles. The van der Waals surface area contributed by atoms with Crippen molar-refractivity contribution in [3.05, 3.63) is 18.0 Å². The summed E-state index contributed by atoms with van der Waals surface area (Å²) in [5.74, 6) is 1.36. The topological polar surface area (TPSA) is 77.7 Å². The summed E-state index contributed by atoms with van der Waals surface area (Å²) < 4.78 is 1.69. The van der Waals surface area contributed by atoms with E-state index in [1.807, 2.05) is 20.2 Å². The van der Waals surface area contributed by atoms with Gasteiger partial charge in [-0.15, -0.1) is 0 Å². The Morgan fingerprint density at radius 2 is 2.08 bits per heavy atom. The van der Waals surface area contributed by atoms with Gasteiger partial charge in [0.1, 0.15) is 5.60 Å². The number of aryl methyl sites for hydroxylation is 1. The first-order valence-electron chi connectivity index (χ1n) is 9.05. The minimum atomic E-state index is -1.05. The molecule has 0 aliphatic heterocycles. The normalized spacial score (nSPS) is 16.2. The fraction of sp³-hybridized carbons (Fsp3) is 0.778. The molecule has 0 bridgehead atoms. The average Bonchev–Trinajstić information content (AvgIpc) is 2.95. The first kappa shape index (κ1) is 21.4. The van der Waals surface area contributed by atoms with Crippen LogP contribution in [0.5, 0.6) is 0 Å².